The number of rotatable bonds is 7. The van der Waals surface area contributed by atoms with Crippen LogP contribution in [0.1, 0.15) is 25.6 Å². The van der Waals surface area contributed by atoms with Crippen LogP contribution < -0.4 is 5.73 Å². The minimum absolute atomic E-state index is 0.0104. The minimum atomic E-state index is -0.714. The van der Waals surface area contributed by atoms with Gasteiger partial charge in [-0.1, -0.05) is 15.9 Å². The van der Waals surface area contributed by atoms with Gasteiger partial charge in [0.05, 0.1) is 20.0 Å². The molecule has 0 saturated carbocycles. The third-order valence-corrected chi connectivity index (χ3v) is 5.90. The predicted molar refractivity (Wildman–Crippen MR) is 106 cm³/mol. The van der Waals surface area contributed by atoms with E-state index in [2.05, 4.69) is 15.9 Å². The van der Waals surface area contributed by atoms with Crippen molar-refractivity contribution in [2.75, 3.05) is 25.7 Å². The quantitative estimate of drug-likeness (QED) is 0.370. The molecule has 10 heteroatoms. The Kier molecular flexibility index (Phi) is 7.69. The number of thioether (sulfide) groups is 1. The zero-order chi connectivity index (χ0) is 20.0. The average Bonchev–Trinajstić information content (AvgIpc) is 3.00. The van der Waals surface area contributed by atoms with Gasteiger partial charge in [-0.25, -0.2) is 9.59 Å². The molecule has 0 radical (unpaired) electrons. The number of nitrogen functional groups attached to an aromatic ring is 1. The second kappa shape index (κ2) is 9.77. The SMILES string of the molecule is COC(=O)c1sc(N)c(C(=O)OC)c1COC(=O)CSc1ccc(Br)cc1. The third-order valence-electron chi connectivity index (χ3n) is 3.34. The molecule has 0 aliphatic heterocycles. The van der Waals surface area contributed by atoms with Crippen molar-refractivity contribution < 1.29 is 28.6 Å². The molecule has 2 rings (SSSR count). The maximum atomic E-state index is 12.1. The molecule has 0 aliphatic carbocycles. The first-order chi connectivity index (χ1) is 12.9. The van der Waals surface area contributed by atoms with E-state index in [-0.39, 0.29) is 33.4 Å². The Bertz CT molecular complexity index is 850. The van der Waals surface area contributed by atoms with E-state index in [0.29, 0.717) is 0 Å². The van der Waals surface area contributed by atoms with Crippen molar-refractivity contribution in [1.82, 2.24) is 0 Å². The number of anilines is 1. The zero-order valence-corrected chi connectivity index (χ0v) is 17.7. The minimum Gasteiger partial charge on any atom is -0.465 e. The first kappa shape index (κ1) is 21.3. The molecule has 0 spiro atoms. The van der Waals surface area contributed by atoms with Gasteiger partial charge >= 0.3 is 17.9 Å². The standard InChI is InChI=1S/C17H16BrNO6S2/c1-23-16(21)13-11(14(17(22)24-2)27-15(13)19)7-25-12(20)8-26-10-5-3-9(18)4-6-10/h3-6H,7-8,19H2,1-2H3. The lowest BCUT2D eigenvalue weighted by Gasteiger charge is -2.08. The zero-order valence-electron chi connectivity index (χ0n) is 14.4. The van der Waals surface area contributed by atoms with Crippen molar-refractivity contribution in [3.05, 3.63) is 44.7 Å². The largest absolute Gasteiger partial charge is 0.465 e. The number of methoxy groups -OCH3 is 2. The average molecular weight is 474 g/mol. The van der Waals surface area contributed by atoms with Crippen LogP contribution in [0.5, 0.6) is 0 Å². The van der Waals surface area contributed by atoms with E-state index in [4.69, 9.17) is 19.9 Å². The molecule has 0 bridgehead atoms. The van der Waals surface area contributed by atoms with Gasteiger partial charge in [0.25, 0.3) is 0 Å². The number of ether oxygens (including phenoxy) is 3. The molecular formula is C17H16BrNO6S2. The summed E-state index contributed by atoms with van der Waals surface area (Å²) in [4.78, 5) is 36.9. The summed E-state index contributed by atoms with van der Waals surface area (Å²) in [6, 6.07) is 7.47. The van der Waals surface area contributed by atoms with Crippen LogP contribution in [0.15, 0.2) is 33.6 Å². The van der Waals surface area contributed by atoms with Gasteiger partial charge in [0, 0.05) is 14.9 Å². The summed E-state index contributed by atoms with van der Waals surface area (Å²) in [5.74, 6) is -1.81. The van der Waals surface area contributed by atoms with E-state index in [1.54, 1.807) is 0 Å². The van der Waals surface area contributed by atoms with Gasteiger partial charge in [0.1, 0.15) is 22.0 Å². The van der Waals surface area contributed by atoms with E-state index in [0.717, 1.165) is 20.7 Å². The van der Waals surface area contributed by atoms with Gasteiger partial charge in [-0.2, -0.15) is 0 Å². The number of nitrogens with two attached hydrogens (primary N) is 1. The number of carbonyl (C=O) groups excluding carboxylic acids is 3. The van der Waals surface area contributed by atoms with E-state index < -0.39 is 17.9 Å². The van der Waals surface area contributed by atoms with Crippen LogP contribution in [-0.4, -0.2) is 37.9 Å². The van der Waals surface area contributed by atoms with Crippen LogP contribution in [0.25, 0.3) is 0 Å². The molecule has 0 aliphatic rings. The van der Waals surface area contributed by atoms with Crippen LogP contribution in [0, 0.1) is 0 Å². The molecule has 2 aromatic rings. The number of halogens is 1. The summed E-state index contributed by atoms with van der Waals surface area (Å²) in [5.41, 5.74) is 6.02. The van der Waals surface area contributed by atoms with Crippen LogP contribution in [-0.2, 0) is 25.6 Å². The maximum absolute atomic E-state index is 12.1. The topological polar surface area (TPSA) is 105 Å². The highest BCUT2D eigenvalue weighted by atomic mass is 79.9. The lowest BCUT2D eigenvalue weighted by atomic mass is 10.1. The van der Waals surface area contributed by atoms with Crippen LogP contribution in [0.4, 0.5) is 5.00 Å². The number of benzene rings is 1. The van der Waals surface area contributed by atoms with Gasteiger partial charge in [-0.15, -0.1) is 23.1 Å². The highest BCUT2D eigenvalue weighted by Gasteiger charge is 2.28. The summed E-state index contributed by atoms with van der Waals surface area (Å²) in [5, 5.41) is 0.0949. The molecule has 1 aromatic carbocycles. The number of esters is 3. The van der Waals surface area contributed by atoms with Crippen LogP contribution in [0.3, 0.4) is 0 Å². The van der Waals surface area contributed by atoms with Crippen LogP contribution >= 0.6 is 39.0 Å². The molecule has 0 atom stereocenters. The Morgan fingerprint density at radius 1 is 1.11 bits per heavy atom. The first-order valence-corrected chi connectivity index (χ1v) is 10.1. The molecule has 144 valence electrons. The van der Waals surface area contributed by atoms with Gasteiger partial charge in [0.15, 0.2) is 0 Å². The van der Waals surface area contributed by atoms with E-state index in [1.165, 1.54) is 26.0 Å². The molecule has 0 unspecified atom stereocenters. The van der Waals surface area contributed by atoms with Crippen molar-refractivity contribution in [2.45, 2.75) is 11.5 Å². The lowest BCUT2D eigenvalue weighted by molar-refractivity contribution is -0.141. The third kappa shape index (κ3) is 5.47. The Hall–Kier alpha value is -2.04. The van der Waals surface area contributed by atoms with Crippen molar-refractivity contribution in [3.63, 3.8) is 0 Å². The Balaban J connectivity index is 2.08. The highest BCUT2D eigenvalue weighted by molar-refractivity contribution is 9.10. The Labute approximate surface area is 172 Å². The molecule has 2 N–H and O–H groups in total. The van der Waals surface area contributed by atoms with Crippen molar-refractivity contribution in [1.29, 1.82) is 0 Å². The first-order valence-electron chi connectivity index (χ1n) is 7.49. The fourth-order valence-electron chi connectivity index (χ4n) is 2.07. The number of thiophene rings is 1. The van der Waals surface area contributed by atoms with Crippen LogP contribution in [0.2, 0.25) is 0 Å². The normalized spacial score (nSPS) is 10.3. The Morgan fingerprint density at radius 2 is 1.74 bits per heavy atom. The second-order valence-electron chi connectivity index (χ2n) is 5.04. The summed E-state index contributed by atoms with van der Waals surface area (Å²) in [6.07, 6.45) is 0. The molecule has 7 nitrogen and oxygen atoms in total. The van der Waals surface area contributed by atoms with Gasteiger partial charge in [0.2, 0.25) is 0 Å². The fourth-order valence-corrected chi connectivity index (χ4v) is 4.01. The van der Waals surface area contributed by atoms with Gasteiger partial charge < -0.3 is 19.9 Å². The highest BCUT2D eigenvalue weighted by Crippen LogP contribution is 2.33. The summed E-state index contributed by atoms with van der Waals surface area (Å²) in [7, 11) is 2.41. The second-order valence-corrected chi connectivity index (χ2v) is 8.05. The molecule has 0 amide bonds. The van der Waals surface area contributed by atoms with Gasteiger partial charge in [-0.3, -0.25) is 4.79 Å². The summed E-state index contributed by atoms with van der Waals surface area (Å²) in [6.45, 7) is -0.289. The summed E-state index contributed by atoms with van der Waals surface area (Å²) >= 11 is 5.53. The van der Waals surface area contributed by atoms with Gasteiger partial charge in [-0.05, 0) is 24.3 Å². The van der Waals surface area contributed by atoms with E-state index in [1.807, 2.05) is 24.3 Å². The molecule has 0 saturated heterocycles. The smallest absolute Gasteiger partial charge is 0.348 e. The number of carbonyl (C=O) groups is 3. The van der Waals surface area contributed by atoms with Crippen molar-refractivity contribution in [2.24, 2.45) is 0 Å². The summed E-state index contributed by atoms with van der Waals surface area (Å²) < 4.78 is 15.6. The predicted octanol–water partition coefficient (Wildman–Crippen LogP) is 3.50. The molecule has 27 heavy (non-hydrogen) atoms. The maximum Gasteiger partial charge on any atom is 0.348 e. The molecule has 1 aromatic heterocycles. The van der Waals surface area contributed by atoms with E-state index >= 15 is 0 Å². The fraction of sp³-hybridized carbons (Fsp3) is 0.235. The molecule has 1 heterocycles. The van der Waals surface area contributed by atoms with Crippen molar-refractivity contribution in [3.8, 4) is 0 Å². The monoisotopic (exact) mass is 473 g/mol. The number of hydrogen-bond donors (Lipinski definition) is 1. The van der Waals surface area contributed by atoms with E-state index in [9.17, 15) is 14.4 Å². The molecular weight excluding hydrogens is 458 g/mol. The van der Waals surface area contributed by atoms with Crippen molar-refractivity contribution >= 4 is 61.9 Å². The Morgan fingerprint density at radius 3 is 2.33 bits per heavy atom. The number of hydrogen-bond acceptors (Lipinski definition) is 9. The molecule has 0 fully saturated rings. The lowest BCUT2D eigenvalue weighted by Crippen LogP contribution is -2.13.